The van der Waals surface area contributed by atoms with E-state index in [1.54, 1.807) is 0 Å². The zero-order valence-corrected chi connectivity index (χ0v) is 10.3. The van der Waals surface area contributed by atoms with Crippen LogP contribution in [0.1, 0.15) is 46.0 Å². The van der Waals surface area contributed by atoms with Gasteiger partial charge in [-0.2, -0.15) is 0 Å². The molecule has 0 aromatic heterocycles. The Kier molecular flexibility index (Phi) is 3.68. The largest absolute Gasteiger partial charge is 0.375 e. The van der Waals surface area contributed by atoms with Crippen LogP contribution in [0.25, 0.3) is 0 Å². The Morgan fingerprint density at radius 3 is 2.27 bits per heavy atom. The maximum atomic E-state index is 6.14. The predicted molar refractivity (Wildman–Crippen MR) is 62.9 cm³/mol. The average Bonchev–Trinajstić information content (AvgIpc) is 2.16. The third-order valence-electron chi connectivity index (χ3n) is 4.44. The van der Waals surface area contributed by atoms with Gasteiger partial charge in [0.15, 0.2) is 0 Å². The third kappa shape index (κ3) is 2.73. The molecule has 2 heteroatoms. The summed E-state index contributed by atoms with van der Waals surface area (Å²) in [5.41, 5.74) is 0. The van der Waals surface area contributed by atoms with E-state index in [4.69, 9.17) is 4.74 Å². The van der Waals surface area contributed by atoms with Crippen molar-refractivity contribution in [2.24, 2.45) is 11.8 Å². The Bertz CT molecular complexity index is 201. The number of nitrogens with one attached hydrogen (secondary N) is 1. The lowest BCUT2D eigenvalue weighted by molar-refractivity contribution is -0.0872. The second-order valence-electron chi connectivity index (χ2n) is 5.60. The molecule has 0 bridgehead atoms. The highest BCUT2D eigenvalue weighted by Crippen LogP contribution is 2.34. The molecule has 0 radical (unpaired) electrons. The van der Waals surface area contributed by atoms with Crippen LogP contribution in [-0.2, 0) is 4.74 Å². The van der Waals surface area contributed by atoms with Crippen LogP contribution in [0, 0.1) is 11.8 Å². The topological polar surface area (TPSA) is 21.3 Å². The molecule has 1 N–H and O–H groups in total. The minimum absolute atomic E-state index is 0.549. The minimum atomic E-state index is 0.549. The van der Waals surface area contributed by atoms with Crippen molar-refractivity contribution in [1.29, 1.82) is 0 Å². The summed E-state index contributed by atoms with van der Waals surface area (Å²) in [7, 11) is 2.05. The molecule has 0 aromatic carbocycles. The fourth-order valence-electron chi connectivity index (χ4n) is 2.81. The van der Waals surface area contributed by atoms with Crippen LogP contribution in [0.4, 0.5) is 0 Å². The maximum absolute atomic E-state index is 6.14. The van der Waals surface area contributed by atoms with Crippen molar-refractivity contribution >= 4 is 0 Å². The van der Waals surface area contributed by atoms with E-state index in [0.717, 1.165) is 17.9 Å². The summed E-state index contributed by atoms with van der Waals surface area (Å²) in [5.74, 6) is 1.75. The highest BCUT2D eigenvalue weighted by molar-refractivity contribution is 4.86. The van der Waals surface area contributed by atoms with Gasteiger partial charge in [-0.05, 0) is 51.0 Å². The van der Waals surface area contributed by atoms with Gasteiger partial charge in [-0.3, -0.25) is 0 Å². The van der Waals surface area contributed by atoms with Gasteiger partial charge < -0.3 is 10.1 Å². The second-order valence-corrected chi connectivity index (χ2v) is 5.60. The van der Waals surface area contributed by atoms with Crippen LogP contribution in [0.2, 0.25) is 0 Å². The van der Waals surface area contributed by atoms with Crippen LogP contribution in [0.3, 0.4) is 0 Å². The van der Waals surface area contributed by atoms with E-state index in [1.165, 1.54) is 32.1 Å². The average molecular weight is 211 g/mol. The van der Waals surface area contributed by atoms with Gasteiger partial charge in [-0.1, -0.05) is 13.8 Å². The van der Waals surface area contributed by atoms with Gasteiger partial charge in [-0.15, -0.1) is 0 Å². The minimum Gasteiger partial charge on any atom is -0.375 e. The molecule has 2 nitrogen and oxygen atoms in total. The Morgan fingerprint density at radius 1 is 0.933 bits per heavy atom. The summed E-state index contributed by atoms with van der Waals surface area (Å²) in [5, 5.41) is 3.30. The van der Waals surface area contributed by atoms with E-state index >= 15 is 0 Å². The van der Waals surface area contributed by atoms with Gasteiger partial charge in [0.1, 0.15) is 0 Å². The monoisotopic (exact) mass is 211 g/mol. The molecule has 15 heavy (non-hydrogen) atoms. The van der Waals surface area contributed by atoms with Crippen molar-refractivity contribution < 1.29 is 4.74 Å². The summed E-state index contributed by atoms with van der Waals surface area (Å²) in [4.78, 5) is 0. The number of hydrogen-bond acceptors (Lipinski definition) is 2. The maximum Gasteiger partial charge on any atom is 0.0608 e. The normalized spacial score (nSPS) is 46.2. The van der Waals surface area contributed by atoms with E-state index in [9.17, 15) is 0 Å². The molecule has 0 spiro atoms. The van der Waals surface area contributed by atoms with E-state index in [-0.39, 0.29) is 0 Å². The lowest BCUT2D eigenvalue weighted by Crippen LogP contribution is -2.45. The van der Waals surface area contributed by atoms with Crippen molar-refractivity contribution in [2.45, 2.75) is 64.2 Å². The summed E-state index contributed by atoms with van der Waals surface area (Å²) in [6.07, 6.45) is 7.46. The molecule has 2 saturated carbocycles. The SMILES string of the molecule is CNC1CC(OC2CCC(C)C(C)C2)C1. The molecule has 3 unspecified atom stereocenters. The highest BCUT2D eigenvalue weighted by atomic mass is 16.5. The molecular formula is C13H25NO. The van der Waals surface area contributed by atoms with Gasteiger partial charge in [0, 0.05) is 6.04 Å². The van der Waals surface area contributed by atoms with Crippen molar-refractivity contribution in [1.82, 2.24) is 5.32 Å². The first-order valence-corrected chi connectivity index (χ1v) is 6.51. The summed E-state index contributed by atoms with van der Waals surface area (Å²) < 4.78 is 6.14. The van der Waals surface area contributed by atoms with Gasteiger partial charge >= 0.3 is 0 Å². The zero-order chi connectivity index (χ0) is 10.8. The quantitative estimate of drug-likeness (QED) is 0.774. The Morgan fingerprint density at radius 2 is 1.67 bits per heavy atom. The highest BCUT2D eigenvalue weighted by Gasteiger charge is 2.33. The molecule has 0 aliphatic heterocycles. The molecule has 0 heterocycles. The predicted octanol–water partition coefficient (Wildman–Crippen LogP) is 2.58. The first-order valence-electron chi connectivity index (χ1n) is 6.51. The Hall–Kier alpha value is -0.0800. The molecule has 0 saturated heterocycles. The standard InChI is InChI=1S/C13H25NO/c1-9-4-5-12(6-10(9)2)15-13-7-11(8-13)14-3/h9-14H,4-8H2,1-3H3. The van der Waals surface area contributed by atoms with E-state index in [2.05, 4.69) is 19.2 Å². The van der Waals surface area contributed by atoms with Gasteiger partial charge in [0.25, 0.3) is 0 Å². The van der Waals surface area contributed by atoms with Crippen molar-refractivity contribution in [3.8, 4) is 0 Å². The summed E-state index contributed by atoms with van der Waals surface area (Å²) in [6, 6.07) is 0.718. The summed E-state index contributed by atoms with van der Waals surface area (Å²) >= 11 is 0. The van der Waals surface area contributed by atoms with Crippen LogP contribution in [0.5, 0.6) is 0 Å². The van der Waals surface area contributed by atoms with E-state index in [0.29, 0.717) is 12.2 Å². The fourth-order valence-corrected chi connectivity index (χ4v) is 2.81. The van der Waals surface area contributed by atoms with E-state index in [1.807, 2.05) is 7.05 Å². The molecule has 2 aliphatic rings. The molecular weight excluding hydrogens is 186 g/mol. The smallest absolute Gasteiger partial charge is 0.0608 e. The Balaban J connectivity index is 1.68. The lowest BCUT2D eigenvalue weighted by Gasteiger charge is -2.40. The molecule has 0 amide bonds. The van der Waals surface area contributed by atoms with Gasteiger partial charge in [0.2, 0.25) is 0 Å². The third-order valence-corrected chi connectivity index (χ3v) is 4.44. The molecule has 0 aromatic rings. The zero-order valence-electron chi connectivity index (χ0n) is 10.3. The molecule has 2 fully saturated rings. The van der Waals surface area contributed by atoms with Crippen LogP contribution < -0.4 is 5.32 Å². The summed E-state index contributed by atoms with van der Waals surface area (Å²) in [6.45, 7) is 4.75. The van der Waals surface area contributed by atoms with Gasteiger partial charge in [-0.25, -0.2) is 0 Å². The Labute approximate surface area is 93.8 Å². The number of ether oxygens (including phenoxy) is 1. The van der Waals surface area contributed by atoms with Crippen LogP contribution >= 0.6 is 0 Å². The van der Waals surface area contributed by atoms with Crippen molar-refractivity contribution in [3.63, 3.8) is 0 Å². The fraction of sp³-hybridized carbons (Fsp3) is 1.00. The molecule has 3 atom stereocenters. The van der Waals surface area contributed by atoms with Gasteiger partial charge in [0.05, 0.1) is 12.2 Å². The molecule has 2 aliphatic carbocycles. The molecule has 2 rings (SSSR count). The van der Waals surface area contributed by atoms with Crippen LogP contribution in [0.15, 0.2) is 0 Å². The first kappa shape index (κ1) is 11.4. The van der Waals surface area contributed by atoms with Crippen molar-refractivity contribution in [3.05, 3.63) is 0 Å². The number of hydrogen-bond donors (Lipinski definition) is 1. The molecule has 88 valence electrons. The van der Waals surface area contributed by atoms with Crippen molar-refractivity contribution in [2.75, 3.05) is 7.05 Å². The van der Waals surface area contributed by atoms with E-state index < -0.39 is 0 Å². The lowest BCUT2D eigenvalue weighted by atomic mass is 9.80. The first-order chi connectivity index (χ1) is 7.19. The second kappa shape index (κ2) is 4.84. The van der Waals surface area contributed by atoms with Crippen LogP contribution in [-0.4, -0.2) is 25.3 Å². The number of rotatable bonds is 3.